The van der Waals surface area contributed by atoms with Crippen LogP contribution in [0.4, 0.5) is 0 Å². The Morgan fingerprint density at radius 2 is 1.75 bits per heavy atom. The largest absolute Gasteiger partial charge is 0.162 e. The van der Waals surface area contributed by atoms with E-state index in [0.29, 0.717) is 0 Å². The van der Waals surface area contributed by atoms with Crippen molar-refractivity contribution >= 4 is 11.8 Å². The van der Waals surface area contributed by atoms with Gasteiger partial charge in [-0.05, 0) is 37.2 Å². The van der Waals surface area contributed by atoms with Crippen LogP contribution in [0.25, 0.3) is 0 Å². The van der Waals surface area contributed by atoms with Crippen LogP contribution in [-0.4, -0.2) is 11.5 Å². The maximum atomic E-state index is 3.71. The molecule has 0 aromatic rings. The monoisotopic (exact) mass is 186 g/mol. The van der Waals surface area contributed by atoms with E-state index >= 15 is 0 Å². The minimum Gasteiger partial charge on any atom is -0.162 e. The van der Waals surface area contributed by atoms with Crippen LogP contribution in [0.3, 0.4) is 0 Å². The van der Waals surface area contributed by atoms with E-state index in [1.54, 1.807) is 0 Å². The van der Waals surface area contributed by atoms with Gasteiger partial charge in [0.05, 0.1) is 0 Å². The molecular formula is C11H22S. The lowest BCUT2D eigenvalue weighted by molar-refractivity contribution is 0.776. The summed E-state index contributed by atoms with van der Waals surface area (Å²) in [4.78, 5) is 0. The lowest BCUT2D eigenvalue weighted by Gasteiger charge is -1.99. The summed E-state index contributed by atoms with van der Waals surface area (Å²) >= 11 is 2.11. The number of unbranched alkanes of at least 4 members (excludes halogenated alkanes) is 4. The fourth-order valence-corrected chi connectivity index (χ4v) is 2.07. The molecule has 0 atom stereocenters. The molecule has 0 N–H and O–H groups in total. The van der Waals surface area contributed by atoms with E-state index in [0.717, 1.165) is 0 Å². The van der Waals surface area contributed by atoms with Crippen LogP contribution < -0.4 is 0 Å². The van der Waals surface area contributed by atoms with Gasteiger partial charge in [0.15, 0.2) is 0 Å². The second kappa shape index (κ2) is 11.1. The molecule has 0 heterocycles. The van der Waals surface area contributed by atoms with Gasteiger partial charge in [-0.2, -0.15) is 11.8 Å². The molecule has 0 aromatic carbocycles. The number of thioether (sulfide) groups is 1. The van der Waals surface area contributed by atoms with Gasteiger partial charge in [-0.3, -0.25) is 0 Å². The Morgan fingerprint density at radius 3 is 2.33 bits per heavy atom. The van der Waals surface area contributed by atoms with Gasteiger partial charge in [-0.25, -0.2) is 0 Å². The highest BCUT2D eigenvalue weighted by atomic mass is 32.2. The highest BCUT2D eigenvalue weighted by molar-refractivity contribution is 7.99. The maximum Gasteiger partial charge on any atom is -0.00674 e. The molecule has 0 fully saturated rings. The molecule has 1 heteroatoms. The van der Waals surface area contributed by atoms with E-state index in [2.05, 4.69) is 25.3 Å². The highest BCUT2D eigenvalue weighted by Crippen LogP contribution is 2.09. The molecule has 0 nitrogen and oxygen atoms in total. The van der Waals surface area contributed by atoms with E-state index in [-0.39, 0.29) is 0 Å². The fraction of sp³-hybridized carbons (Fsp3) is 0.818. The number of rotatable bonds is 9. The Balaban J connectivity index is 2.77. The SMILES string of the molecule is C=CCCCCSCCCCC. The second-order valence-electron chi connectivity index (χ2n) is 3.10. The molecule has 0 aromatic heterocycles. The fourth-order valence-electron chi connectivity index (χ4n) is 1.05. The van der Waals surface area contributed by atoms with Crippen molar-refractivity contribution in [2.45, 2.75) is 45.4 Å². The lowest BCUT2D eigenvalue weighted by Crippen LogP contribution is -1.84. The highest BCUT2D eigenvalue weighted by Gasteiger charge is 1.89. The smallest absolute Gasteiger partial charge is 0.00674 e. The van der Waals surface area contributed by atoms with Crippen LogP contribution in [0.1, 0.15) is 45.4 Å². The Bertz CT molecular complexity index is 89.0. The lowest BCUT2D eigenvalue weighted by atomic mass is 10.2. The maximum absolute atomic E-state index is 3.71. The van der Waals surface area contributed by atoms with Gasteiger partial charge in [-0.15, -0.1) is 6.58 Å². The Morgan fingerprint density at radius 1 is 1.08 bits per heavy atom. The normalized spacial score (nSPS) is 10.1. The van der Waals surface area contributed by atoms with Crippen LogP contribution in [-0.2, 0) is 0 Å². The number of allylic oxidation sites excluding steroid dienone is 1. The van der Waals surface area contributed by atoms with Crippen LogP contribution in [0.5, 0.6) is 0 Å². The van der Waals surface area contributed by atoms with E-state index < -0.39 is 0 Å². The van der Waals surface area contributed by atoms with Gasteiger partial charge in [0.1, 0.15) is 0 Å². The second-order valence-corrected chi connectivity index (χ2v) is 4.33. The minimum absolute atomic E-state index is 1.19. The standard InChI is InChI=1S/C11H22S/c1-3-5-7-9-11-12-10-8-6-4-2/h3H,1,4-11H2,2H3. The van der Waals surface area contributed by atoms with Crippen molar-refractivity contribution in [2.24, 2.45) is 0 Å². The summed E-state index contributed by atoms with van der Waals surface area (Å²) in [6.07, 6.45) is 10.0. The Hall–Kier alpha value is 0.0900. The van der Waals surface area contributed by atoms with Crippen molar-refractivity contribution in [1.82, 2.24) is 0 Å². The topological polar surface area (TPSA) is 0 Å². The van der Waals surface area contributed by atoms with Gasteiger partial charge in [0, 0.05) is 0 Å². The van der Waals surface area contributed by atoms with Crippen molar-refractivity contribution in [3.8, 4) is 0 Å². The van der Waals surface area contributed by atoms with Gasteiger partial charge < -0.3 is 0 Å². The Labute approximate surface area is 81.8 Å². The minimum atomic E-state index is 1.19. The average molecular weight is 186 g/mol. The van der Waals surface area contributed by atoms with Crippen LogP contribution in [0.15, 0.2) is 12.7 Å². The van der Waals surface area contributed by atoms with Crippen LogP contribution >= 0.6 is 11.8 Å². The summed E-state index contributed by atoms with van der Waals surface area (Å²) in [5.41, 5.74) is 0. The zero-order valence-corrected chi connectivity index (χ0v) is 9.17. The average Bonchev–Trinajstić information content (AvgIpc) is 2.10. The molecule has 72 valence electrons. The molecule has 0 aliphatic heterocycles. The zero-order valence-electron chi connectivity index (χ0n) is 8.35. The zero-order chi connectivity index (χ0) is 9.07. The predicted octanol–water partition coefficient (Wildman–Crippen LogP) is 4.27. The first-order valence-electron chi connectivity index (χ1n) is 5.10. The van der Waals surface area contributed by atoms with Crippen molar-refractivity contribution in [1.29, 1.82) is 0 Å². The molecule has 0 radical (unpaired) electrons. The van der Waals surface area contributed by atoms with Crippen molar-refractivity contribution in [2.75, 3.05) is 11.5 Å². The first-order chi connectivity index (χ1) is 5.91. The third-order valence-corrected chi connectivity index (χ3v) is 2.99. The first kappa shape index (κ1) is 12.1. The predicted molar refractivity (Wildman–Crippen MR) is 60.9 cm³/mol. The molecule has 0 saturated carbocycles. The molecule has 0 rings (SSSR count). The molecule has 0 aliphatic rings. The van der Waals surface area contributed by atoms with E-state index in [1.165, 1.54) is 50.0 Å². The van der Waals surface area contributed by atoms with Crippen molar-refractivity contribution in [3.05, 3.63) is 12.7 Å². The summed E-state index contributed by atoms with van der Waals surface area (Å²) in [7, 11) is 0. The molecular weight excluding hydrogens is 164 g/mol. The van der Waals surface area contributed by atoms with E-state index in [1.807, 2.05) is 6.08 Å². The Kier molecular flexibility index (Phi) is 11.2. The summed E-state index contributed by atoms with van der Waals surface area (Å²) < 4.78 is 0. The van der Waals surface area contributed by atoms with Gasteiger partial charge in [0.2, 0.25) is 0 Å². The van der Waals surface area contributed by atoms with Gasteiger partial charge in [-0.1, -0.05) is 25.8 Å². The van der Waals surface area contributed by atoms with E-state index in [9.17, 15) is 0 Å². The third kappa shape index (κ3) is 10.1. The van der Waals surface area contributed by atoms with Crippen molar-refractivity contribution < 1.29 is 0 Å². The molecule has 0 unspecified atom stereocenters. The summed E-state index contributed by atoms with van der Waals surface area (Å²) in [5.74, 6) is 2.71. The summed E-state index contributed by atoms with van der Waals surface area (Å²) in [6.45, 7) is 5.97. The summed E-state index contributed by atoms with van der Waals surface area (Å²) in [5, 5.41) is 0. The molecule has 0 bridgehead atoms. The molecule has 0 amide bonds. The van der Waals surface area contributed by atoms with Crippen molar-refractivity contribution in [3.63, 3.8) is 0 Å². The first-order valence-corrected chi connectivity index (χ1v) is 6.26. The van der Waals surface area contributed by atoms with Crippen LogP contribution in [0.2, 0.25) is 0 Å². The van der Waals surface area contributed by atoms with Gasteiger partial charge >= 0.3 is 0 Å². The van der Waals surface area contributed by atoms with Gasteiger partial charge in [0.25, 0.3) is 0 Å². The molecule has 0 aliphatic carbocycles. The third-order valence-electron chi connectivity index (χ3n) is 1.84. The molecule has 12 heavy (non-hydrogen) atoms. The quantitative estimate of drug-likeness (QED) is 0.383. The van der Waals surface area contributed by atoms with Crippen LogP contribution in [0, 0.1) is 0 Å². The molecule has 0 saturated heterocycles. The number of hydrogen-bond donors (Lipinski definition) is 0. The van der Waals surface area contributed by atoms with E-state index in [4.69, 9.17) is 0 Å². The summed E-state index contributed by atoms with van der Waals surface area (Å²) in [6, 6.07) is 0. The number of hydrogen-bond acceptors (Lipinski definition) is 1. The molecule has 0 spiro atoms.